The second-order valence-corrected chi connectivity index (χ2v) is 7.61. The van der Waals surface area contributed by atoms with Gasteiger partial charge < -0.3 is 19.5 Å². The highest BCUT2D eigenvalue weighted by Gasteiger charge is 2.19. The SMILES string of the molecule is Cn1c(C[NH+]2CCOCC2)nnc1SCC(=O)Nc1ccccc1Br. The number of para-hydroxylation sites is 1. The monoisotopic (exact) mass is 426 g/mol. The van der Waals surface area contributed by atoms with Crippen molar-refractivity contribution in [1.82, 2.24) is 14.8 Å². The van der Waals surface area contributed by atoms with Crippen molar-refractivity contribution < 1.29 is 14.4 Å². The quantitative estimate of drug-likeness (QED) is 0.665. The van der Waals surface area contributed by atoms with Crippen molar-refractivity contribution in [2.75, 3.05) is 37.4 Å². The molecular weight excluding hydrogens is 406 g/mol. The van der Waals surface area contributed by atoms with Crippen molar-refractivity contribution in [1.29, 1.82) is 0 Å². The number of carbonyl (C=O) groups is 1. The van der Waals surface area contributed by atoms with E-state index in [0.29, 0.717) is 0 Å². The molecule has 9 heteroatoms. The van der Waals surface area contributed by atoms with Crippen LogP contribution in [0.1, 0.15) is 5.82 Å². The maximum atomic E-state index is 12.1. The summed E-state index contributed by atoms with van der Waals surface area (Å²) in [6.07, 6.45) is 0. The van der Waals surface area contributed by atoms with E-state index in [1.165, 1.54) is 16.7 Å². The fourth-order valence-electron chi connectivity index (χ4n) is 2.56. The smallest absolute Gasteiger partial charge is 0.234 e. The summed E-state index contributed by atoms with van der Waals surface area (Å²) in [5.41, 5.74) is 0.766. The summed E-state index contributed by atoms with van der Waals surface area (Å²) in [5.74, 6) is 1.16. The van der Waals surface area contributed by atoms with Gasteiger partial charge in [-0.25, -0.2) is 0 Å². The molecule has 0 radical (unpaired) electrons. The molecule has 1 aromatic heterocycles. The lowest BCUT2D eigenvalue weighted by Gasteiger charge is -2.23. The molecule has 0 unspecified atom stereocenters. The molecule has 1 fully saturated rings. The van der Waals surface area contributed by atoms with Gasteiger partial charge in [-0.3, -0.25) is 4.79 Å². The molecule has 0 aliphatic carbocycles. The summed E-state index contributed by atoms with van der Waals surface area (Å²) >= 11 is 4.81. The zero-order valence-electron chi connectivity index (χ0n) is 14.0. The topological polar surface area (TPSA) is 73.5 Å². The van der Waals surface area contributed by atoms with Crippen LogP contribution in [0.4, 0.5) is 5.69 Å². The van der Waals surface area contributed by atoms with E-state index in [4.69, 9.17) is 4.74 Å². The number of rotatable bonds is 6. The Morgan fingerprint density at radius 3 is 2.88 bits per heavy atom. The molecule has 134 valence electrons. The van der Waals surface area contributed by atoms with Gasteiger partial charge in [0, 0.05) is 11.5 Å². The summed E-state index contributed by atoms with van der Waals surface area (Å²) in [4.78, 5) is 13.6. The van der Waals surface area contributed by atoms with Crippen LogP contribution in [0.25, 0.3) is 0 Å². The standard InChI is InChI=1S/C16H20BrN5O2S/c1-21-14(10-22-6-8-24-9-7-22)19-20-16(21)25-11-15(23)18-13-5-3-2-4-12(13)17/h2-5H,6-11H2,1H3,(H,18,23)/p+1. The molecule has 3 rings (SSSR count). The molecule has 0 spiro atoms. The Balaban J connectivity index is 1.53. The number of halogens is 1. The Hall–Kier alpha value is -1.42. The third-order valence-corrected chi connectivity index (χ3v) is 5.73. The Morgan fingerprint density at radius 2 is 2.12 bits per heavy atom. The van der Waals surface area contributed by atoms with E-state index in [2.05, 4.69) is 31.4 Å². The fourth-order valence-corrected chi connectivity index (χ4v) is 3.68. The molecule has 1 saturated heterocycles. The normalized spacial score (nSPS) is 15.3. The third-order valence-electron chi connectivity index (χ3n) is 4.01. The predicted octanol–water partition coefficient (Wildman–Crippen LogP) is 0.724. The van der Waals surface area contributed by atoms with E-state index in [9.17, 15) is 4.79 Å². The van der Waals surface area contributed by atoms with E-state index < -0.39 is 0 Å². The van der Waals surface area contributed by atoms with Gasteiger partial charge in [0.25, 0.3) is 0 Å². The number of nitrogens with zero attached hydrogens (tertiary/aromatic N) is 3. The first-order chi connectivity index (χ1) is 12.1. The average molecular weight is 427 g/mol. The molecule has 7 nitrogen and oxygen atoms in total. The largest absolute Gasteiger partial charge is 0.370 e. The number of morpholine rings is 1. The van der Waals surface area contributed by atoms with Crippen LogP contribution < -0.4 is 10.2 Å². The second-order valence-electron chi connectivity index (χ2n) is 5.81. The summed E-state index contributed by atoms with van der Waals surface area (Å²) in [7, 11) is 1.95. The van der Waals surface area contributed by atoms with Crippen molar-refractivity contribution in [3.05, 3.63) is 34.6 Å². The summed E-state index contributed by atoms with van der Waals surface area (Å²) in [5, 5.41) is 12.1. The number of anilines is 1. The summed E-state index contributed by atoms with van der Waals surface area (Å²) in [6.45, 7) is 4.40. The number of quaternary nitrogens is 1. The Kier molecular flexibility index (Phi) is 6.46. The van der Waals surface area contributed by atoms with E-state index in [-0.39, 0.29) is 11.7 Å². The van der Waals surface area contributed by atoms with Crippen molar-refractivity contribution in [2.24, 2.45) is 7.05 Å². The number of aromatic nitrogens is 3. The van der Waals surface area contributed by atoms with Crippen LogP contribution in [0.5, 0.6) is 0 Å². The van der Waals surface area contributed by atoms with Gasteiger partial charge >= 0.3 is 0 Å². The lowest BCUT2D eigenvalue weighted by Crippen LogP contribution is -3.12. The minimum atomic E-state index is -0.0692. The summed E-state index contributed by atoms with van der Waals surface area (Å²) in [6, 6.07) is 7.55. The Labute approximate surface area is 159 Å². The molecular formula is C16H21BrN5O2S+. The molecule has 1 amide bonds. The van der Waals surface area contributed by atoms with Crippen LogP contribution in [0.15, 0.2) is 33.9 Å². The minimum Gasteiger partial charge on any atom is -0.370 e. The molecule has 25 heavy (non-hydrogen) atoms. The highest BCUT2D eigenvalue weighted by Crippen LogP contribution is 2.22. The summed E-state index contributed by atoms with van der Waals surface area (Å²) < 4.78 is 8.21. The van der Waals surface area contributed by atoms with Gasteiger partial charge in [0.1, 0.15) is 19.6 Å². The van der Waals surface area contributed by atoms with Gasteiger partial charge in [-0.15, -0.1) is 10.2 Å². The highest BCUT2D eigenvalue weighted by molar-refractivity contribution is 9.10. The number of hydrogen-bond donors (Lipinski definition) is 2. The van der Waals surface area contributed by atoms with Crippen molar-refractivity contribution in [3.63, 3.8) is 0 Å². The van der Waals surface area contributed by atoms with Gasteiger partial charge in [0.05, 0.1) is 24.7 Å². The molecule has 0 atom stereocenters. The van der Waals surface area contributed by atoms with Crippen molar-refractivity contribution in [3.8, 4) is 0 Å². The molecule has 1 aromatic carbocycles. The Bertz CT molecular complexity index is 733. The Morgan fingerprint density at radius 1 is 1.36 bits per heavy atom. The van der Waals surface area contributed by atoms with Crippen molar-refractivity contribution in [2.45, 2.75) is 11.7 Å². The zero-order chi connectivity index (χ0) is 17.6. The van der Waals surface area contributed by atoms with Crippen molar-refractivity contribution >= 4 is 39.3 Å². The molecule has 0 bridgehead atoms. The third kappa shape index (κ3) is 5.04. The molecule has 2 N–H and O–H groups in total. The van der Waals surface area contributed by atoms with Crippen LogP contribution in [-0.2, 0) is 23.1 Å². The number of carbonyl (C=O) groups excluding carboxylic acids is 1. The average Bonchev–Trinajstić information content (AvgIpc) is 2.96. The van der Waals surface area contributed by atoms with Gasteiger partial charge in [-0.2, -0.15) is 0 Å². The van der Waals surface area contributed by atoms with E-state index in [0.717, 1.165) is 54.0 Å². The second kappa shape index (κ2) is 8.79. The number of hydrogen-bond acceptors (Lipinski definition) is 5. The number of benzene rings is 1. The maximum absolute atomic E-state index is 12.1. The first-order valence-corrected chi connectivity index (χ1v) is 9.88. The van der Waals surface area contributed by atoms with Crippen LogP contribution in [0.2, 0.25) is 0 Å². The van der Waals surface area contributed by atoms with E-state index in [1.807, 2.05) is 35.9 Å². The molecule has 1 aliphatic heterocycles. The van der Waals surface area contributed by atoms with Crippen LogP contribution in [0, 0.1) is 0 Å². The maximum Gasteiger partial charge on any atom is 0.234 e. The van der Waals surface area contributed by atoms with Gasteiger partial charge in [-0.05, 0) is 28.1 Å². The molecule has 1 aliphatic rings. The van der Waals surface area contributed by atoms with Crippen LogP contribution >= 0.6 is 27.7 Å². The zero-order valence-corrected chi connectivity index (χ0v) is 16.4. The van der Waals surface area contributed by atoms with Gasteiger partial charge in [-0.1, -0.05) is 23.9 Å². The number of ether oxygens (including phenoxy) is 1. The van der Waals surface area contributed by atoms with E-state index >= 15 is 0 Å². The fraction of sp³-hybridized carbons (Fsp3) is 0.438. The van der Waals surface area contributed by atoms with Gasteiger partial charge in [0.2, 0.25) is 5.91 Å². The molecule has 0 saturated carbocycles. The minimum absolute atomic E-state index is 0.0692. The molecule has 2 heterocycles. The number of amides is 1. The lowest BCUT2D eigenvalue weighted by atomic mass is 10.3. The van der Waals surface area contributed by atoms with Crippen LogP contribution in [-0.4, -0.2) is 52.7 Å². The molecule has 2 aromatic rings. The van der Waals surface area contributed by atoms with Crippen LogP contribution in [0.3, 0.4) is 0 Å². The first-order valence-electron chi connectivity index (χ1n) is 8.10. The predicted molar refractivity (Wildman–Crippen MR) is 99.7 cm³/mol. The highest BCUT2D eigenvalue weighted by atomic mass is 79.9. The first kappa shape index (κ1) is 18.4. The van der Waals surface area contributed by atoms with E-state index in [1.54, 1.807) is 0 Å². The number of thioether (sulfide) groups is 1. The number of nitrogens with one attached hydrogen (secondary N) is 2. The lowest BCUT2D eigenvalue weighted by molar-refractivity contribution is -0.922. The van der Waals surface area contributed by atoms with Gasteiger partial charge in [0.15, 0.2) is 11.0 Å².